The second kappa shape index (κ2) is 9.31. The molecule has 4 rings (SSSR count). The third-order valence-corrected chi connectivity index (χ3v) is 4.57. The molecule has 4 aromatic rings. The maximum atomic E-state index is 12.4. The molecule has 0 bridgehead atoms. The summed E-state index contributed by atoms with van der Waals surface area (Å²) in [6.45, 7) is 0.672. The highest BCUT2D eigenvalue weighted by atomic mass is 35.5. The molecule has 2 aromatic heterocycles. The molecule has 0 aliphatic rings. The Morgan fingerprint density at radius 2 is 1.74 bits per heavy atom. The van der Waals surface area contributed by atoms with E-state index < -0.39 is 5.91 Å². The number of carbonyl (C=O) groups excluding carboxylic acids is 1. The van der Waals surface area contributed by atoms with Gasteiger partial charge in [-0.2, -0.15) is 5.10 Å². The van der Waals surface area contributed by atoms with Crippen LogP contribution in [0, 0.1) is 0 Å². The Morgan fingerprint density at radius 3 is 2.48 bits per heavy atom. The van der Waals surface area contributed by atoms with Crippen molar-refractivity contribution in [3.05, 3.63) is 83.4 Å². The lowest BCUT2D eigenvalue weighted by molar-refractivity contribution is 0.101. The molecule has 0 saturated carbocycles. The number of hydrogen-bond acceptors (Lipinski definition) is 6. The van der Waals surface area contributed by atoms with Gasteiger partial charge in [0.25, 0.3) is 5.91 Å². The second-order valence-corrected chi connectivity index (χ2v) is 6.97. The van der Waals surface area contributed by atoms with Gasteiger partial charge >= 0.3 is 0 Å². The van der Waals surface area contributed by atoms with Crippen LogP contribution in [0.4, 0.5) is 5.95 Å². The van der Waals surface area contributed by atoms with E-state index in [0.717, 1.165) is 11.3 Å². The minimum absolute atomic E-state index is 0.160. The molecule has 0 radical (unpaired) electrons. The lowest BCUT2D eigenvalue weighted by Crippen LogP contribution is -2.15. The summed E-state index contributed by atoms with van der Waals surface area (Å²) in [5, 5.41) is 11.8. The Kier molecular flexibility index (Phi) is 6.13. The minimum Gasteiger partial charge on any atom is -0.497 e. The van der Waals surface area contributed by atoms with Crippen LogP contribution in [-0.2, 0) is 13.3 Å². The average Bonchev–Trinajstić information content (AvgIpc) is 3.44. The summed E-state index contributed by atoms with van der Waals surface area (Å²) in [5.41, 5.74) is 1.25. The van der Waals surface area contributed by atoms with Gasteiger partial charge in [-0.05, 0) is 48.0 Å². The highest BCUT2D eigenvalue weighted by Gasteiger charge is 2.13. The number of aromatic nitrogens is 5. The number of carbonyl (C=O) groups is 1. The lowest BCUT2D eigenvalue weighted by Gasteiger charge is -2.07. The highest BCUT2D eigenvalue weighted by molar-refractivity contribution is 6.30. The van der Waals surface area contributed by atoms with Crippen LogP contribution in [-0.4, -0.2) is 37.6 Å². The number of methoxy groups -OCH3 is 1. The van der Waals surface area contributed by atoms with E-state index in [1.807, 2.05) is 24.3 Å². The van der Waals surface area contributed by atoms with Crippen LogP contribution in [0.15, 0.2) is 67.1 Å². The fourth-order valence-corrected chi connectivity index (χ4v) is 2.86. The number of nitrogens with one attached hydrogen (secondary N) is 1. The molecule has 10 heteroatoms. The predicted molar refractivity (Wildman–Crippen MR) is 114 cm³/mol. The van der Waals surface area contributed by atoms with Gasteiger partial charge < -0.3 is 9.47 Å². The van der Waals surface area contributed by atoms with Crippen LogP contribution in [0.3, 0.4) is 0 Å². The fourth-order valence-electron chi connectivity index (χ4n) is 2.74. The van der Waals surface area contributed by atoms with Crippen LogP contribution in [0.1, 0.15) is 16.1 Å². The SMILES string of the molecule is COc1ccc(OCn2ccc(C(=O)Nc3ncn(Cc4ccc(Cl)cc4)n3)n2)cc1. The van der Waals surface area contributed by atoms with E-state index in [1.165, 1.54) is 4.68 Å². The van der Waals surface area contributed by atoms with E-state index in [-0.39, 0.29) is 18.4 Å². The summed E-state index contributed by atoms with van der Waals surface area (Å²) in [6, 6.07) is 16.2. The van der Waals surface area contributed by atoms with E-state index in [0.29, 0.717) is 17.3 Å². The van der Waals surface area contributed by atoms with Gasteiger partial charge in [0, 0.05) is 11.2 Å². The molecular weight excluding hydrogens is 420 g/mol. The largest absolute Gasteiger partial charge is 0.497 e. The molecular formula is C21H19ClN6O3. The molecule has 158 valence electrons. The van der Waals surface area contributed by atoms with Gasteiger partial charge in [-0.25, -0.2) is 14.3 Å². The van der Waals surface area contributed by atoms with E-state index in [1.54, 1.807) is 54.6 Å². The number of nitrogens with zero attached hydrogens (tertiary/aromatic N) is 5. The maximum Gasteiger partial charge on any atom is 0.278 e. The molecule has 0 spiro atoms. The van der Waals surface area contributed by atoms with Crippen LogP contribution < -0.4 is 14.8 Å². The van der Waals surface area contributed by atoms with Crippen LogP contribution in [0.25, 0.3) is 0 Å². The molecule has 0 atom stereocenters. The van der Waals surface area contributed by atoms with Gasteiger partial charge in [0.1, 0.15) is 17.8 Å². The first-order valence-electron chi connectivity index (χ1n) is 9.34. The van der Waals surface area contributed by atoms with E-state index >= 15 is 0 Å². The average molecular weight is 439 g/mol. The fraction of sp³-hybridized carbons (Fsp3) is 0.143. The summed E-state index contributed by atoms with van der Waals surface area (Å²) >= 11 is 5.90. The molecule has 2 aromatic carbocycles. The van der Waals surface area contributed by atoms with Gasteiger partial charge in [-0.1, -0.05) is 23.7 Å². The molecule has 31 heavy (non-hydrogen) atoms. The van der Waals surface area contributed by atoms with E-state index in [4.69, 9.17) is 21.1 Å². The molecule has 0 aliphatic carbocycles. The normalized spacial score (nSPS) is 10.6. The minimum atomic E-state index is -0.410. The smallest absolute Gasteiger partial charge is 0.278 e. The van der Waals surface area contributed by atoms with Crippen molar-refractivity contribution in [2.75, 3.05) is 12.4 Å². The van der Waals surface area contributed by atoms with Crippen LogP contribution in [0.2, 0.25) is 5.02 Å². The Hall–Kier alpha value is -3.85. The standard InChI is InChI=1S/C21H19ClN6O3/c1-30-17-6-8-18(9-7-17)31-14-27-11-10-19(25-27)20(29)24-21-23-13-28(26-21)12-15-2-4-16(22)5-3-15/h2-11,13H,12,14H2,1H3,(H,24,26,29). The Bertz CT molecular complexity index is 1150. The summed E-state index contributed by atoms with van der Waals surface area (Å²) < 4.78 is 13.9. The Labute approximate surface area is 183 Å². The second-order valence-electron chi connectivity index (χ2n) is 6.54. The summed E-state index contributed by atoms with van der Waals surface area (Å²) in [7, 11) is 1.60. The van der Waals surface area contributed by atoms with Crippen molar-refractivity contribution >= 4 is 23.5 Å². The third-order valence-electron chi connectivity index (χ3n) is 4.32. The molecule has 0 aliphatic heterocycles. The van der Waals surface area contributed by atoms with Crippen molar-refractivity contribution in [3.8, 4) is 11.5 Å². The summed E-state index contributed by atoms with van der Waals surface area (Å²) in [5.74, 6) is 1.20. The van der Waals surface area contributed by atoms with Gasteiger partial charge in [-0.15, -0.1) is 5.10 Å². The Morgan fingerprint density at radius 1 is 1.00 bits per heavy atom. The number of halogens is 1. The van der Waals surface area contributed by atoms with Crippen LogP contribution in [0.5, 0.6) is 11.5 Å². The lowest BCUT2D eigenvalue weighted by atomic mass is 10.2. The van der Waals surface area contributed by atoms with Crippen molar-refractivity contribution in [2.45, 2.75) is 13.3 Å². The Balaban J connectivity index is 1.31. The van der Waals surface area contributed by atoms with E-state index in [9.17, 15) is 4.79 Å². The van der Waals surface area contributed by atoms with Gasteiger partial charge in [0.15, 0.2) is 12.4 Å². The van der Waals surface area contributed by atoms with E-state index in [2.05, 4.69) is 20.5 Å². The van der Waals surface area contributed by atoms with Crippen molar-refractivity contribution < 1.29 is 14.3 Å². The monoisotopic (exact) mass is 438 g/mol. The van der Waals surface area contributed by atoms with Gasteiger partial charge in [-0.3, -0.25) is 10.1 Å². The number of amides is 1. The number of anilines is 1. The molecule has 1 N–H and O–H groups in total. The molecule has 2 heterocycles. The quantitative estimate of drug-likeness (QED) is 0.452. The van der Waals surface area contributed by atoms with Crippen molar-refractivity contribution in [1.29, 1.82) is 0 Å². The zero-order valence-corrected chi connectivity index (χ0v) is 17.4. The van der Waals surface area contributed by atoms with Crippen molar-refractivity contribution in [2.24, 2.45) is 0 Å². The maximum absolute atomic E-state index is 12.4. The van der Waals surface area contributed by atoms with Gasteiger partial charge in [0.05, 0.1) is 13.7 Å². The van der Waals surface area contributed by atoms with Crippen molar-refractivity contribution in [1.82, 2.24) is 24.5 Å². The molecule has 0 fully saturated rings. The third kappa shape index (κ3) is 5.40. The zero-order valence-electron chi connectivity index (χ0n) is 16.6. The number of hydrogen-bond donors (Lipinski definition) is 1. The first-order valence-corrected chi connectivity index (χ1v) is 9.72. The first-order chi connectivity index (χ1) is 15.1. The first kappa shape index (κ1) is 20.4. The molecule has 9 nitrogen and oxygen atoms in total. The highest BCUT2D eigenvalue weighted by Crippen LogP contribution is 2.17. The topological polar surface area (TPSA) is 96.1 Å². The zero-order chi connectivity index (χ0) is 21.6. The summed E-state index contributed by atoms with van der Waals surface area (Å²) in [4.78, 5) is 16.5. The van der Waals surface area contributed by atoms with Crippen LogP contribution >= 0.6 is 11.6 Å². The number of ether oxygens (including phenoxy) is 2. The van der Waals surface area contributed by atoms with Gasteiger partial charge in [0.2, 0.25) is 5.95 Å². The number of rotatable bonds is 8. The molecule has 0 unspecified atom stereocenters. The molecule has 1 amide bonds. The number of benzene rings is 2. The molecule has 0 saturated heterocycles. The van der Waals surface area contributed by atoms with Crippen molar-refractivity contribution in [3.63, 3.8) is 0 Å². The predicted octanol–water partition coefficient (Wildman–Crippen LogP) is 3.47. The summed E-state index contributed by atoms with van der Waals surface area (Å²) in [6.07, 6.45) is 3.20.